The van der Waals surface area contributed by atoms with E-state index in [1.807, 2.05) is 13.0 Å². The zero-order valence-electron chi connectivity index (χ0n) is 18.0. The molecule has 1 unspecified atom stereocenters. The fraction of sp³-hybridized carbons (Fsp3) is 0.409. The van der Waals surface area contributed by atoms with E-state index < -0.39 is 5.97 Å². The Kier molecular flexibility index (Phi) is 6.14. The summed E-state index contributed by atoms with van der Waals surface area (Å²) < 4.78 is 5.34. The van der Waals surface area contributed by atoms with Crippen LogP contribution >= 0.6 is 0 Å². The van der Waals surface area contributed by atoms with Crippen molar-refractivity contribution < 1.29 is 19.4 Å². The maximum Gasteiger partial charge on any atom is 0.335 e. The standard InChI is InChI=1S/C22H28N4O4/c1-13(2)8-9-26-14(3)21(27)25(4)18-12-23-20(11-17(18)26)24-16-7-6-15(22(28)29)10-19(16)30-5/h6-7,10-14H,8-9H2,1-5H3,(H,23,24)(H,28,29). The van der Waals surface area contributed by atoms with Gasteiger partial charge in [-0.3, -0.25) is 4.79 Å². The molecule has 0 bridgehead atoms. The van der Waals surface area contributed by atoms with Crippen molar-refractivity contribution in [1.29, 1.82) is 0 Å². The van der Waals surface area contributed by atoms with E-state index in [0.29, 0.717) is 23.2 Å². The van der Waals surface area contributed by atoms with E-state index in [4.69, 9.17) is 4.74 Å². The van der Waals surface area contributed by atoms with Crippen molar-refractivity contribution in [2.75, 3.05) is 35.8 Å². The lowest BCUT2D eigenvalue weighted by Gasteiger charge is -2.40. The van der Waals surface area contributed by atoms with Gasteiger partial charge in [-0.05, 0) is 37.5 Å². The highest BCUT2D eigenvalue weighted by Gasteiger charge is 2.34. The van der Waals surface area contributed by atoms with Crippen molar-refractivity contribution in [2.45, 2.75) is 33.2 Å². The zero-order chi connectivity index (χ0) is 22.0. The number of fused-ring (bicyclic) bond motifs is 1. The third-order valence-electron chi connectivity index (χ3n) is 5.35. The first-order chi connectivity index (χ1) is 14.2. The van der Waals surface area contributed by atoms with Gasteiger partial charge in [0, 0.05) is 19.7 Å². The van der Waals surface area contributed by atoms with Crippen molar-refractivity contribution in [3.63, 3.8) is 0 Å². The average Bonchev–Trinajstić information content (AvgIpc) is 2.72. The van der Waals surface area contributed by atoms with Crippen LogP contribution in [0.4, 0.5) is 22.9 Å². The topological polar surface area (TPSA) is 95.0 Å². The first-order valence-electron chi connectivity index (χ1n) is 9.95. The number of anilines is 4. The predicted molar refractivity (Wildman–Crippen MR) is 117 cm³/mol. The minimum atomic E-state index is -1.02. The summed E-state index contributed by atoms with van der Waals surface area (Å²) in [6, 6.07) is 6.28. The molecule has 2 heterocycles. The number of pyridine rings is 1. The van der Waals surface area contributed by atoms with Gasteiger partial charge < -0.3 is 25.0 Å². The number of carboxylic acids is 1. The molecule has 1 amide bonds. The number of carbonyl (C=O) groups is 2. The van der Waals surface area contributed by atoms with Crippen LogP contribution in [0.5, 0.6) is 5.75 Å². The van der Waals surface area contributed by atoms with Crippen LogP contribution in [-0.2, 0) is 4.79 Å². The number of benzene rings is 1. The Morgan fingerprint density at radius 3 is 2.67 bits per heavy atom. The van der Waals surface area contributed by atoms with E-state index in [9.17, 15) is 14.7 Å². The van der Waals surface area contributed by atoms with E-state index in [-0.39, 0.29) is 17.5 Å². The van der Waals surface area contributed by atoms with Gasteiger partial charge in [-0.25, -0.2) is 9.78 Å². The normalized spacial score (nSPS) is 15.9. The van der Waals surface area contributed by atoms with Crippen LogP contribution in [0.25, 0.3) is 0 Å². The number of likely N-dealkylation sites (N-methyl/N-ethyl adjacent to an activating group) is 1. The predicted octanol–water partition coefficient (Wildman–Crippen LogP) is 3.75. The number of ether oxygens (including phenoxy) is 1. The molecule has 0 spiro atoms. The second kappa shape index (κ2) is 8.61. The number of carbonyl (C=O) groups excluding carboxylic acids is 1. The molecule has 8 nitrogen and oxygen atoms in total. The van der Waals surface area contributed by atoms with Crippen molar-refractivity contribution in [3.05, 3.63) is 36.0 Å². The summed E-state index contributed by atoms with van der Waals surface area (Å²) in [7, 11) is 3.25. The molecule has 3 rings (SSSR count). The molecule has 2 N–H and O–H groups in total. The summed E-state index contributed by atoms with van der Waals surface area (Å²) in [5, 5.41) is 12.4. The minimum absolute atomic E-state index is 0.0414. The van der Waals surface area contributed by atoms with Gasteiger partial charge in [0.2, 0.25) is 5.91 Å². The van der Waals surface area contributed by atoms with Crippen molar-refractivity contribution >= 4 is 34.8 Å². The highest BCUT2D eigenvalue weighted by Crippen LogP contribution is 2.38. The molecular weight excluding hydrogens is 384 g/mol. The van der Waals surface area contributed by atoms with Gasteiger partial charge in [0.1, 0.15) is 17.6 Å². The molecule has 0 fully saturated rings. The Bertz CT molecular complexity index is 960. The maximum absolute atomic E-state index is 12.7. The molecule has 1 aromatic heterocycles. The maximum atomic E-state index is 12.7. The lowest BCUT2D eigenvalue weighted by molar-refractivity contribution is -0.119. The molecule has 0 radical (unpaired) electrons. The zero-order valence-corrected chi connectivity index (χ0v) is 18.0. The number of methoxy groups -OCH3 is 1. The van der Waals surface area contributed by atoms with Crippen molar-refractivity contribution in [2.24, 2.45) is 5.92 Å². The summed E-state index contributed by atoms with van der Waals surface area (Å²) >= 11 is 0. The Morgan fingerprint density at radius 2 is 2.03 bits per heavy atom. The first-order valence-corrected chi connectivity index (χ1v) is 9.95. The lowest BCUT2D eigenvalue weighted by atomic mass is 10.1. The van der Waals surface area contributed by atoms with Crippen LogP contribution in [-0.4, -0.2) is 48.7 Å². The number of amides is 1. The van der Waals surface area contributed by atoms with Gasteiger partial charge in [-0.2, -0.15) is 0 Å². The van der Waals surface area contributed by atoms with E-state index >= 15 is 0 Å². The van der Waals surface area contributed by atoms with Gasteiger partial charge in [-0.15, -0.1) is 0 Å². The van der Waals surface area contributed by atoms with Gasteiger partial charge in [0.25, 0.3) is 0 Å². The third-order valence-corrected chi connectivity index (χ3v) is 5.35. The molecule has 0 saturated heterocycles. The van der Waals surface area contributed by atoms with Crippen LogP contribution in [0.2, 0.25) is 0 Å². The van der Waals surface area contributed by atoms with E-state index in [1.54, 1.807) is 24.2 Å². The summed E-state index contributed by atoms with van der Waals surface area (Å²) in [5.41, 5.74) is 2.45. The van der Waals surface area contributed by atoms with Gasteiger partial charge in [0.05, 0.1) is 35.9 Å². The molecule has 1 atom stereocenters. The number of aromatic carboxylic acids is 1. The second-order valence-corrected chi connectivity index (χ2v) is 7.85. The van der Waals surface area contributed by atoms with Crippen LogP contribution < -0.4 is 19.9 Å². The Hall–Kier alpha value is -3.29. The number of nitrogens with zero attached hydrogens (tertiary/aromatic N) is 3. The Morgan fingerprint density at radius 1 is 1.30 bits per heavy atom. The number of aromatic nitrogens is 1. The first kappa shape index (κ1) is 21.4. The molecule has 2 aromatic rings. The van der Waals surface area contributed by atoms with Crippen LogP contribution in [0.15, 0.2) is 30.5 Å². The van der Waals surface area contributed by atoms with Gasteiger partial charge in [0.15, 0.2) is 0 Å². The quantitative estimate of drug-likeness (QED) is 0.715. The number of carboxylic acid groups (broad SMARTS) is 1. The summed E-state index contributed by atoms with van der Waals surface area (Å²) in [6.45, 7) is 7.01. The highest BCUT2D eigenvalue weighted by atomic mass is 16.5. The lowest BCUT2D eigenvalue weighted by Crippen LogP contribution is -2.51. The van der Waals surface area contributed by atoms with Crippen molar-refractivity contribution in [3.8, 4) is 5.75 Å². The van der Waals surface area contributed by atoms with E-state index in [1.165, 1.54) is 19.2 Å². The largest absolute Gasteiger partial charge is 0.495 e. The van der Waals surface area contributed by atoms with Crippen LogP contribution in [0.3, 0.4) is 0 Å². The SMILES string of the molecule is COc1cc(C(=O)O)ccc1Nc1cc2c(cn1)N(C)C(=O)C(C)N2CCC(C)C. The smallest absolute Gasteiger partial charge is 0.335 e. The third kappa shape index (κ3) is 4.17. The molecule has 1 aliphatic heterocycles. The molecule has 1 aromatic carbocycles. The van der Waals surface area contributed by atoms with Gasteiger partial charge >= 0.3 is 5.97 Å². The average molecular weight is 412 g/mol. The van der Waals surface area contributed by atoms with Gasteiger partial charge in [-0.1, -0.05) is 13.8 Å². The van der Waals surface area contributed by atoms with E-state index in [0.717, 1.165) is 24.3 Å². The highest BCUT2D eigenvalue weighted by molar-refractivity contribution is 6.05. The number of rotatable bonds is 7. The second-order valence-electron chi connectivity index (χ2n) is 7.85. The van der Waals surface area contributed by atoms with Crippen molar-refractivity contribution in [1.82, 2.24) is 4.98 Å². The molecule has 8 heteroatoms. The number of hydrogen-bond donors (Lipinski definition) is 2. The number of nitrogens with one attached hydrogen (secondary N) is 1. The minimum Gasteiger partial charge on any atom is -0.495 e. The fourth-order valence-electron chi connectivity index (χ4n) is 3.51. The summed E-state index contributed by atoms with van der Waals surface area (Å²) in [5.74, 6) is 0.534. The summed E-state index contributed by atoms with van der Waals surface area (Å²) in [6.07, 6.45) is 2.65. The van der Waals surface area contributed by atoms with Crippen LogP contribution in [0, 0.1) is 5.92 Å². The Balaban J connectivity index is 1.96. The monoisotopic (exact) mass is 412 g/mol. The Labute approximate surface area is 176 Å². The number of hydrogen-bond acceptors (Lipinski definition) is 6. The molecular formula is C22H28N4O4. The molecule has 0 saturated carbocycles. The summed E-state index contributed by atoms with van der Waals surface area (Å²) in [4.78, 5) is 32.1. The molecule has 160 valence electrons. The fourth-order valence-corrected chi connectivity index (χ4v) is 3.51. The van der Waals surface area contributed by atoms with E-state index in [2.05, 4.69) is 29.0 Å². The van der Waals surface area contributed by atoms with Crippen LogP contribution in [0.1, 0.15) is 37.6 Å². The molecule has 1 aliphatic rings. The molecule has 30 heavy (non-hydrogen) atoms. The molecule has 0 aliphatic carbocycles.